The zero-order valence-corrected chi connectivity index (χ0v) is 13.1. The SMILES string of the molecule is Cc1ccccc1CCNC(=O)CNc1ccccc1C(N)=O. The summed E-state index contributed by atoms with van der Waals surface area (Å²) in [5, 5.41) is 5.80. The molecule has 0 radical (unpaired) electrons. The van der Waals surface area contributed by atoms with Gasteiger partial charge in [-0.1, -0.05) is 36.4 Å². The molecule has 0 saturated heterocycles. The molecule has 0 spiro atoms. The van der Waals surface area contributed by atoms with Crippen LogP contribution in [0.1, 0.15) is 21.5 Å². The van der Waals surface area contributed by atoms with Crippen LogP contribution in [0.4, 0.5) is 5.69 Å². The molecule has 0 heterocycles. The minimum absolute atomic E-state index is 0.0953. The molecule has 2 aromatic rings. The Morgan fingerprint density at radius 3 is 2.48 bits per heavy atom. The maximum absolute atomic E-state index is 11.9. The van der Waals surface area contributed by atoms with Gasteiger partial charge in [0.15, 0.2) is 0 Å². The summed E-state index contributed by atoms with van der Waals surface area (Å²) in [7, 11) is 0. The van der Waals surface area contributed by atoms with E-state index in [0.717, 1.165) is 6.42 Å². The Labute approximate surface area is 135 Å². The van der Waals surface area contributed by atoms with Gasteiger partial charge in [0.25, 0.3) is 5.91 Å². The molecule has 5 heteroatoms. The summed E-state index contributed by atoms with van der Waals surface area (Å²) in [5.41, 5.74) is 8.68. The van der Waals surface area contributed by atoms with E-state index in [4.69, 9.17) is 5.73 Å². The third-order valence-electron chi connectivity index (χ3n) is 3.61. The van der Waals surface area contributed by atoms with Crippen molar-refractivity contribution in [3.8, 4) is 0 Å². The molecule has 0 atom stereocenters. The first kappa shape index (κ1) is 16.5. The molecule has 2 rings (SSSR count). The van der Waals surface area contributed by atoms with Crippen LogP contribution in [0, 0.1) is 6.92 Å². The van der Waals surface area contributed by atoms with Crippen LogP contribution in [-0.2, 0) is 11.2 Å². The van der Waals surface area contributed by atoms with E-state index in [1.807, 2.05) is 12.1 Å². The van der Waals surface area contributed by atoms with Crippen LogP contribution in [0.2, 0.25) is 0 Å². The van der Waals surface area contributed by atoms with Crippen molar-refractivity contribution in [2.45, 2.75) is 13.3 Å². The van der Waals surface area contributed by atoms with Gasteiger partial charge in [-0.15, -0.1) is 0 Å². The molecule has 0 aliphatic heterocycles. The van der Waals surface area contributed by atoms with E-state index in [-0.39, 0.29) is 12.5 Å². The summed E-state index contributed by atoms with van der Waals surface area (Å²) in [5.74, 6) is -0.647. The number of carbonyl (C=O) groups is 2. The number of nitrogens with two attached hydrogens (primary N) is 1. The quantitative estimate of drug-likeness (QED) is 0.730. The summed E-state index contributed by atoms with van der Waals surface area (Å²) in [6.07, 6.45) is 0.788. The van der Waals surface area contributed by atoms with Gasteiger partial charge in [0, 0.05) is 12.2 Å². The number of nitrogens with one attached hydrogen (secondary N) is 2. The van der Waals surface area contributed by atoms with Gasteiger partial charge in [-0.3, -0.25) is 9.59 Å². The molecule has 0 aliphatic carbocycles. The molecule has 0 unspecified atom stereocenters. The highest BCUT2D eigenvalue weighted by atomic mass is 16.2. The number of rotatable bonds is 7. The van der Waals surface area contributed by atoms with Crippen molar-refractivity contribution in [1.29, 1.82) is 0 Å². The van der Waals surface area contributed by atoms with Crippen LogP contribution < -0.4 is 16.4 Å². The largest absolute Gasteiger partial charge is 0.376 e. The summed E-state index contributed by atoms with van der Waals surface area (Å²) >= 11 is 0. The average molecular weight is 311 g/mol. The molecule has 0 aliphatic rings. The topological polar surface area (TPSA) is 84.2 Å². The van der Waals surface area contributed by atoms with E-state index in [1.54, 1.807) is 24.3 Å². The highest BCUT2D eigenvalue weighted by Gasteiger charge is 2.08. The number of para-hydroxylation sites is 1. The van der Waals surface area contributed by atoms with Gasteiger partial charge in [-0.05, 0) is 36.6 Å². The molecule has 0 aromatic heterocycles. The third-order valence-corrected chi connectivity index (χ3v) is 3.61. The highest BCUT2D eigenvalue weighted by molar-refractivity contribution is 5.98. The van der Waals surface area contributed by atoms with Gasteiger partial charge >= 0.3 is 0 Å². The van der Waals surface area contributed by atoms with Crippen molar-refractivity contribution in [1.82, 2.24) is 5.32 Å². The van der Waals surface area contributed by atoms with E-state index in [0.29, 0.717) is 17.8 Å². The normalized spacial score (nSPS) is 10.1. The Balaban J connectivity index is 1.80. The van der Waals surface area contributed by atoms with Crippen molar-refractivity contribution in [3.63, 3.8) is 0 Å². The van der Waals surface area contributed by atoms with Crippen molar-refractivity contribution in [2.75, 3.05) is 18.4 Å². The molecule has 4 N–H and O–H groups in total. The minimum Gasteiger partial charge on any atom is -0.376 e. The zero-order valence-electron chi connectivity index (χ0n) is 13.1. The number of amides is 2. The lowest BCUT2D eigenvalue weighted by atomic mass is 10.1. The van der Waals surface area contributed by atoms with Crippen LogP contribution in [0.15, 0.2) is 48.5 Å². The minimum atomic E-state index is -0.520. The Hall–Kier alpha value is -2.82. The maximum atomic E-state index is 11.9. The predicted molar refractivity (Wildman–Crippen MR) is 91.3 cm³/mol. The van der Waals surface area contributed by atoms with Crippen molar-refractivity contribution in [3.05, 3.63) is 65.2 Å². The number of hydrogen-bond acceptors (Lipinski definition) is 3. The first-order chi connectivity index (χ1) is 11.1. The average Bonchev–Trinajstić information content (AvgIpc) is 2.55. The molecular formula is C18H21N3O2. The lowest BCUT2D eigenvalue weighted by Crippen LogP contribution is -2.32. The van der Waals surface area contributed by atoms with Gasteiger partial charge in [-0.2, -0.15) is 0 Å². The molecule has 0 fully saturated rings. The van der Waals surface area contributed by atoms with Gasteiger partial charge < -0.3 is 16.4 Å². The van der Waals surface area contributed by atoms with E-state index in [9.17, 15) is 9.59 Å². The Morgan fingerprint density at radius 2 is 1.74 bits per heavy atom. The van der Waals surface area contributed by atoms with Crippen LogP contribution in [0.3, 0.4) is 0 Å². The van der Waals surface area contributed by atoms with Crippen LogP contribution in [0.25, 0.3) is 0 Å². The zero-order chi connectivity index (χ0) is 16.7. The number of anilines is 1. The summed E-state index contributed by atoms with van der Waals surface area (Å²) in [6, 6.07) is 15.0. The van der Waals surface area contributed by atoms with Crippen molar-refractivity contribution in [2.24, 2.45) is 5.73 Å². The van der Waals surface area contributed by atoms with E-state index in [1.165, 1.54) is 11.1 Å². The second-order valence-electron chi connectivity index (χ2n) is 5.29. The van der Waals surface area contributed by atoms with Crippen LogP contribution in [-0.4, -0.2) is 24.9 Å². The molecule has 0 bridgehead atoms. The third kappa shape index (κ3) is 4.85. The van der Waals surface area contributed by atoms with Gasteiger partial charge in [0.2, 0.25) is 5.91 Å². The van der Waals surface area contributed by atoms with E-state index < -0.39 is 5.91 Å². The smallest absolute Gasteiger partial charge is 0.250 e. The Morgan fingerprint density at radius 1 is 1.04 bits per heavy atom. The summed E-state index contributed by atoms with van der Waals surface area (Å²) in [6.45, 7) is 2.72. The number of hydrogen-bond donors (Lipinski definition) is 3. The summed E-state index contributed by atoms with van der Waals surface area (Å²) in [4.78, 5) is 23.2. The molecule has 5 nitrogen and oxygen atoms in total. The molecular weight excluding hydrogens is 290 g/mol. The lowest BCUT2D eigenvalue weighted by molar-refractivity contribution is -0.119. The highest BCUT2D eigenvalue weighted by Crippen LogP contribution is 2.13. The van der Waals surface area contributed by atoms with E-state index in [2.05, 4.69) is 29.7 Å². The van der Waals surface area contributed by atoms with Crippen LogP contribution >= 0.6 is 0 Å². The number of carbonyl (C=O) groups excluding carboxylic acids is 2. The van der Waals surface area contributed by atoms with Crippen molar-refractivity contribution >= 4 is 17.5 Å². The van der Waals surface area contributed by atoms with Gasteiger partial charge in [-0.25, -0.2) is 0 Å². The molecule has 0 saturated carbocycles. The molecule has 2 amide bonds. The van der Waals surface area contributed by atoms with E-state index >= 15 is 0 Å². The molecule has 2 aromatic carbocycles. The second-order valence-corrected chi connectivity index (χ2v) is 5.29. The predicted octanol–water partition coefficient (Wildman–Crippen LogP) is 1.86. The second kappa shape index (κ2) is 7.98. The fourth-order valence-electron chi connectivity index (χ4n) is 2.32. The molecule has 120 valence electrons. The Kier molecular flexibility index (Phi) is 5.74. The fourth-order valence-corrected chi connectivity index (χ4v) is 2.32. The van der Waals surface area contributed by atoms with Crippen molar-refractivity contribution < 1.29 is 9.59 Å². The number of primary amides is 1. The first-order valence-electron chi connectivity index (χ1n) is 7.52. The van der Waals surface area contributed by atoms with Crippen LogP contribution in [0.5, 0.6) is 0 Å². The molecule has 23 heavy (non-hydrogen) atoms. The standard InChI is InChI=1S/C18H21N3O2/c1-13-6-2-3-7-14(13)10-11-20-17(22)12-21-16-9-5-4-8-15(16)18(19)23/h2-9,21H,10-12H2,1H3,(H2,19,23)(H,20,22). The fraction of sp³-hybridized carbons (Fsp3) is 0.222. The number of aryl methyl sites for hydroxylation is 1. The van der Waals surface area contributed by atoms with Gasteiger partial charge in [0.05, 0.1) is 12.1 Å². The number of benzene rings is 2. The Bertz CT molecular complexity index is 698. The monoisotopic (exact) mass is 311 g/mol. The first-order valence-corrected chi connectivity index (χ1v) is 7.52. The lowest BCUT2D eigenvalue weighted by Gasteiger charge is -2.11. The summed E-state index contributed by atoms with van der Waals surface area (Å²) < 4.78 is 0. The maximum Gasteiger partial charge on any atom is 0.250 e. The van der Waals surface area contributed by atoms with Gasteiger partial charge in [0.1, 0.15) is 0 Å².